The minimum absolute atomic E-state index is 0.0967. The molecule has 2 rings (SSSR count). The van der Waals surface area contributed by atoms with Crippen molar-refractivity contribution >= 4 is 30.8 Å². The Bertz CT molecular complexity index is 656. The Morgan fingerprint density at radius 3 is 2.89 bits per heavy atom. The zero-order chi connectivity index (χ0) is 20.4. The number of carboxylic acids is 1. The van der Waals surface area contributed by atoms with Gasteiger partial charge in [-0.3, -0.25) is 0 Å². The van der Waals surface area contributed by atoms with Crippen LogP contribution in [0, 0.1) is 17.8 Å². The topological polar surface area (TPSA) is 77.8 Å². The first-order chi connectivity index (χ1) is 13.5. The van der Waals surface area contributed by atoms with Crippen molar-refractivity contribution in [3.8, 4) is 0 Å². The van der Waals surface area contributed by atoms with Gasteiger partial charge in [-0.05, 0) is 0 Å². The van der Waals surface area contributed by atoms with E-state index < -0.39 is 12.1 Å². The number of carboxylic acid groups (broad SMARTS) is 1. The van der Waals surface area contributed by atoms with Crippen molar-refractivity contribution in [2.75, 3.05) is 0 Å². The van der Waals surface area contributed by atoms with Crippen LogP contribution in [0.3, 0.4) is 0 Å². The molecule has 0 saturated heterocycles. The molecule has 0 radical (unpaired) electrons. The van der Waals surface area contributed by atoms with Gasteiger partial charge in [0.05, 0.1) is 0 Å². The minimum atomic E-state index is -0.767. The third-order valence-electron chi connectivity index (χ3n) is 5.46. The van der Waals surface area contributed by atoms with Crippen LogP contribution in [0.5, 0.6) is 0 Å². The molecule has 0 amide bonds. The number of aliphatic carboxylic acids is 1. The fraction of sp³-hybridized carbons (Fsp3) is 0.545. The summed E-state index contributed by atoms with van der Waals surface area (Å²) in [6.45, 7) is 0. The number of carbonyl (C=O) groups is 1. The van der Waals surface area contributed by atoms with E-state index >= 15 is 0 Å². The predicted octanol–water partition coefficient (Wildman–Crippen LogP) is 3.12. The monoisotopic (exact) mass is 402 g/mol. The molecule has 0 aliphatic heterocycles. The summed E-state index contributed by atoms with van der Waals surface area (Å²) >= 11 is 1.71. The van der Waals surface area contributed by atoms with Crippen LogP contribution < -0.4 is 0 Å². The fourth-order valence-electron chi connectivity index (χ4n) is 3.88. The van der Waals surface area contributed by atoms with Crippen molar-refractivity contribution in [1.82, 2.24) is 0 Å². The molecule has 28 heavy (non-hydrogen) atoms. The average molecular weight is 402 g/mol. The van der Waals surface area contributed by atoms with Crippen LogP contribution in [0.15, 0.2) is 41.8 Å². The normalized spacial score (nSPS) is 26.2. The van der Waals surface area contributed by atoms with Gasteiger partial charge in [0.2, 0.25) is 0 Å². The number of hydrogen-bond acceptors (Lipinski definition) is 4. The van der Waals surface area contributed by atoms with Crippen LogP contribution in [0.4, 0.5) is 0 Å². The number of allylic oxidation sites excluding steroid dienone is 3. The van der Waals surface area contributed by atoms with E-state index in [1.165, 1.54) is 4.88 Å². The molecule has 5 atom stereocenters. The zero-order valence-corrected chi connectivity index (χ0v) is 17.1. The van der Waals surface area contributed by atoms with E-state index in [-0.39, 0.29) is 30.3 Å². The summed E-state index contributed by atoms with van der Waals surface area (Å²) < 4.78 is 0. The second-order valence-corrected chi connectivity index (χ2v) is 8.54. The first-order valence-electron chi connectivity index (χ1n) is 10.1. The fourth-order valence-corrected chi connectivity index (χ4v) is 4.60. The Labute approximate surface area is 172 Å². The Kier molecular flexibility index (Phi) is 9.89. The Morgan fingerprint density at radius 1 is 1.39 bits per heavy atom. The average Bonchev–Trinajstić information content (AvgIpc) is 3.28. The number of aliphatic hydroxyl groups is 2. The third-order valence-corrected chi connectivity index (χ3v) is 6.39. The molecule has 6 heteroatoms. The molecule has 0 spiro atoms. The Morgan fingerprint density at radius 2 is 2.21 bits per heavy atom. The molecule has 1 aliphatic rings. The summed E-state index contributed by atoms with van der Waals surface area (Å²) in [5, 5.41) is 31.5. The Balaban J connectivity index is 1.87. The van der Waals surface area contributed by atoms with Gasteiger partial charge in [0.25, 0.3) is 0 Å². The number of unbranched alkanes of at least 4 members (excludes halogenated alkanes) is 1. The summed E-state index contributed by atoms with van der Waals surface area (Å²) in [5.41, 5.74) is 0. The molecule has 152 valence electrons. The molecule has 1 fully saturated rings. The molecular weight excluding hydrogens is 371 g/mol. The molecule has 1 aromatic rings. The van der Waals surface area contributed by atoms with Gasteiger partial charge in [-0.2, -0.15) is 0 Å². The van der Waals surface area contributed by atoms with Gasteiger partial charge in [0.15, 0.2) is 0 Å². The first-order valence-corrected chi connectivity index (χ1v) is 11.0. The summed E-state index contributed by atoms with van der Waals surface area (Å²) in [4.78, 5) is 11.8. The summed E-state index contributed by atoms with van der Waals surface area (Å²) in [6.07, 6.45) is 11.7. The van der Waals surface area contributed by atoms with Gasteiger partial charge in [-0.1, -0.05) is 0 Å². The van der Waals surface area contributed by atoms with Crippen molar-refractivity contribution < 1.29 is 20.1 Å². The quantitative estimate of drug-likeness (QED) is 0.285. The number of thiophene rings is 1. The molecule has 1 saturated carbocycles. The second-order valence-electron chi connectivity index (χ2n) is 7.51. The summed E-state index contributed by atoms with van der Waals surface area (Å²) in [5.74, 6) is 1.61. The standard InChI is InChI=1S/C22H31BO4S/c23-15-16-14-21(25)20(7-3-1-2-4-8-22(26)27)19(16)12-10-17(24)9-11-18-6-5-13-28-18/h1,3,5-6,10,12-13,15-17,19-21,23-25H,2,4,7-9,11,14H2,(H,26,27)/b3-1-,12-10+/t16-,17-,19-,20+,21?/m0/s1. The molecule has 1 unspecified atom stereocenters. The van der Waals surface area contributed by atoms with Crippen LogP contribution in [0.2, 0.25) is 0 Å². The Hall–Kier alpha value is -1.50. The number of aryl methyl sites for hydroxylation is 1. The third kappa shape index (κ3) is 7.49. The molecule has 4 nitrogen and oxygen atoms in total. The van der Waals surface area contributed by atoms with Crippen LogP contribution in [0.1, 0.15) is 43.4 Å². The predicted molar refractivity (Wildman–Crippen MR) is 117 cm³/mol. The number of hydrogen-bond donors (Lipinski definition) is 3. The maximum atomic E-state index is 10.5. The second kappa shape index (κ2) is 12.1. The van der Waals surface area contributed by atoms with Crippen molar-refractivity contribution in [2.45, 2.75) is 57.2 Å². The van der Waals surface area contributed by atoms with Crippen molar-refractivity contribution in [3.05, 3.63) is 46.7 Å². The van der Waals surface area contributed by atoms with E-state index in [1.807, 2.05) is 29.6 Å². The van der Waals surface area contributed by atoms with Crippen LogP contribution in [0.25, 0.3) is 0 Å². The van der Waals surface area contributed by atoms with E-state index in [2.05, 4.69) is 25.7 Å². The van der Waals surface area contributed by atoms with Gasteiger partial charge >= 0.3 is 172 Å². The summed E-state index contributed by atoms with van der Waals surface area (Å²) in [7, 11) is 3.92. The van der Waals surface area contributed by atoms with Crippen molar-refractivity contribution in [1.29, 1.82) is 0 Å². The van der Waals surface area contributed by atoms with E-state index in [0.29, 0.717) is 19.3 Å². The maximum absolute atomic E-state index is 10.5. The van der Waals surface area contributed by atoms with Crippen LogP contribution in [-0.2, 0) is 11.2 Å². The molecule has 1 heterocycles. The molecule has 0 bridgehead atoms. The molecule has 1 aromatic heterocycles. The van der Waals surface area contributed by atoms with Gasteiger partial charge in [-0.25, -0.2) is 0 Å². The molecule has 1 aliphatic carbocycles. The number of rotatable bonds is 12. The number of aliphatic hydroxyl groups excluding tert-OH is 2. The zero-order valence-electron chi connectivity index (χ0n) is 16.3. The van der Waals surface area contributed by atoms with E-state index in [1.54, 1.807) is 11.3 Å². The molecular formula is C22H31BO4S. The van der Waals surface area contributed by atoms with Gasteiger partial charge < -0.3 is 0 Å². The van der Waals surface area contributed by atoms with Gasteiger partial charge in [0.1, 0.15) is 0 Å². The van der Waals surface area contributed by atoms with Gasteiger partial charge in [-0.15, -0.1) is 0 Å². The SMILES string of the molecule is B=C[C@@H]1CC(O)[C@H](C/C=C\CCCC(=O)O)[C@H]1/C=C/[C@@H](O)CCc1cccs1. The van der Waals surface area contributed by atoms with Crippen LogP contribution in [-0.4, -0.2) is 47.0 Å². The summed E-state index contributed by atoms with van der Waals surface area (Å²) in [6, 6.07) is 4.11. The molecule has 3 N–H and O–H groups in total. The first kappa shape index (κ1) is 22.8. The van der Waals surface area contributed by atoms with Crippen molar-refractivity contribution in [3.63, 3.8) is 0 Å². The van der Waals surface area contributed by atoms with E-state index in [4.69, 9.17) is 5.11 Å². The van der Waals surface area contributed by atoms with E-state index in [9.17, 15) is 15.0 Å². The molecule has 0 aromatic carbocycles. The van der Waals surface area contributed by atoms with Crippen molar-refractivity contribution in [2.24, 2.45) is 17.8 Å². The van der Waals surface area contributed by atoms with Gasteiger partial charge in [0, 0.05) is 0 Å². The van der Waals surface area contributed by atoms with Crippen LogP contribution >= 0.6 is 11.3 Å². The van der Waals surface area contributed by atoms with E-state index in [0.717, 1.165) is 19.3 Å².